The molecule has 3 nitrogen and oxygen atoms in total. The van der Waals surface area contributed by atoms with E-state index in [-0.39, 0.29) is 24.1 Å². The predicted octanol–water partition coefficient (Wildman–Crippen LogP) is 2.75. The van der Waals surface area contributed by atoms with Gasteiger partial charge in [0.15, 0.2) is 11.6 Å². The van der Waals surface area contributed by atoms with Crippen LogP contribution in [0.3, 0.4) is 0 Å². The van der Waals surface area contributed by atoms with Crippen molar-refractivity contribution < 1.29 is 19.0 Å². The first-order chi connectivity index (χ1) is 9.71. The van der Waals surface area contributed by atoms with E-state index in [0.29, 0.717) is 12.2 Å². The van der Waals surface area contributed by atoms with Crippen molar-refractivity contribution in [1.82, 2.24) is 0 Å². The molecule has 0 aromatic heterocycles. The number of aliphatic hydroxyl groups excluding tert-OH is 1. The highest BCUT2D eigenvalue weighted by Crippen LogP contribution is 2.39. The summed E-state index contributed by atoms with van der Waals surface area (Å²) < 4.78 is 25.6. The van der Waals surface area contributed by atoms with Gasteiger partial charge in [-0.15, -0.1) is 0 Å². The molecule has 0 amide bonds. The number of ether oxygens (including phenoxy) is 2. The summed E-state index contributed by atoms with van der Waals surface area (Å²) in [5, 5.41) is 8.99. The van der Waals surface area contributed by atoms with Crippen LogP contribution in [0.2, 0.25) is 0 Å². The topological polar surface area (TPSA) is 38.7 Å². The van der Waals surface area contributed by atoms with Crippen molar-refractivity contribution in [2.75, 3.05) is 18.1 Å². The molecule has 110 valence electrons. The summed E-state index contributed by atoms with van der Waals surface area (Å²) in [5.74, 6) is 2.01. The quantitative estimate of drug-likeness (QED) is 0.931. The normalized spacial score (nSPS) is 29.8. The molecule has 0 radical (unpaired) electrons. The zero-order chi connectivity index (χ0) is 14.0. The summed E-state index contributed by atoms with van der Waals surface area (Å²) >= 11 is 1.91. The molecule has 1 aromatic rings. The van der Waals surface area contributed by atoms with Crippen molar-refractivity contribution in [3.63, 3.8) is 0 Å². The summed E-state index contributed by atoms with van der Waals surface area (Å²) in [6, 6.07) is 4.63. The summed E-state index contributed by atoms with van der Waals surface area (Å²) in [5.41, 5.74) is 0.500. The van der Waals surface area contributed by atoms with E-state index in [1.165, 1.54) is 6.07 Å². The summed E-state index contributed by atoms with van der Waals surface area (Å²) in [7, 11) is 0. The first kappa shape index (κ1) is 14.2. The molecule has 1 aromatic carbocycles. The lowest BCUT2D eigenvalue weighted by Crippen LogP contribution is -2.43. The number of hydrogen-bond donors (Lipinski definition) is 1. The maximum atomic E-state index is 13.9. The molecule has 0 saturated carbocycles. The predicted molar refractivity (Wildman–Crippen MR) is 76.6 cm³/mol. The monoisotopic (exact) mass is 298 g/mol. The van der Waals surface area contributed by atoms with Crippen LogP contribution in [0, 0.1) is 5.82 Å². The van der Waals surface area contributed by atoms with Crippen LogP contribution < -0.4 is 4.74 Å². The lowest BCUT2D eigenvalue weighted by molar-refractivity contribution is -0.0964. The van der Waals surface area contributed by atoms with Gasteiger partial charge in [0.2, 0.25) is 0 Å². The molecule has 0 bridgehead atoms. The second-order valence-electron chi connectivity index (χ2n) is 5.49. The lowest BCUT2D eigenvalue weighted by atomic mass is 9.91. The molecule has 0 aliphatic carbocycles. The van der Waals surface area contributed by atoms with Crippen molar-refractivity contribution in [2.24, 2.45) is 0 Å². The zero-order valence-corrected chi connectivity index (χ0v) is 12.1. The minimum atomic E-state index is -0.405. The van der Waals surface area contributed by atoms with Gasteiger partial charge >= 0.3 is 0 Å². The zero-order valence-electron chi connectivity index (χ0n) is 11.3. The Morgan fingerprint density at radius 3 is 3.10 bits per heavy atom. The van der Waals surface area contributed by atoms with Crippen molar-refractivity contribution in [2.45, 2.75) is 37.6 Å². The van der Waals surface area contributed by atoms with E-state index in [9.17, 15) is 4.39 Å². The standard InChI is InChI=1S/C15H19FO3S/c16-13-7-11(9-17)1-2-14(13)19-12-3-5-18-15(8-12)4-6-20-10-15/h1-2,7,12,17H,3-6,8-10H2. The summed E-state index contributed by atoms with van der Waals surface area (Å²) in [6.07, 6.45) is 2.70. The van der Waals surface area contributed by atoms with Crippen molar-refractivity contribution in [3.8, 4) is 5.75 Å². The Morgan fingerprint density at radius 1 is 1.50 bits per heavy atom. The van der Waals surface area contributed by atoms with Crippen molar-refractivity contribution in [1.29, 1.82) is 0 Å². The number of aliphatic hydroxyl groups is 1. The third-order valence-electron chi connectivity index (χ3n) is 3.99. The van der Waals surface area contributed by atoms with Crippen LogP contribution in [-0.4, -0.2) is 34.9 Å². The van der Waals surface area contributed by atoms with E-state index in [0.717, 1.165) is 30.8 Å². The van der Waals surface area contributed by atoms with Gasteiger partial charge in [-0.25, -0.2) is 4.39 Å². The Balaban J connectivity index is 1.68. The van der Waals surface area contributed by atoms with Gasteiger partial charge in [-0.2, -0.15) is 11.8 Å². The maximum absolute atomic E-state index is 13.9. The fourth-order valence-electron chi connectivity index (χ4n) is 2.86. The molecule has 1 N–H and O–H groups in total. The van der Waals surface area contributed by atoms with Gasteiger partial charge in [0, 0.05) is 18.6 Å². The van der Waals surface area contributed by atoms with Gasteiger partial charge in [0.25, 0.3) is 0 Å². The van der Waals surface area contributed by atoms with Gasteiger partial charge in [-0.1, -0.05) is 6.07 Å². The molecule has 1 spiro atoms. The van der Waals surface area contributed by atoms with E-state index in [2.05, 4.69) is 0 Å². The van der Waals surface area contributed by atoms with Crippen LogP contribution in [0.25, 0.3) is 0 Å². The molecule has 2 aliphatic heterocycles. The van der Waals surface area contributed by atoms with Crippen molar-refractivity contribution >= 4 is 11.8 Å². The summed E-state index contributed by atoms with van der Waals surface area (Å²) in [4.78, 5) is 0. The number of halogens is 1. The minimum Gasteiger partial charge on any atom is -0.487 e. The molecule has 2 saturated heterocycles. The van der Waals surface area contributed by atoms with E-state index in [1.807, 2.05) is 11.8 Å². The number of benzene rings is 1. The maximum Gasteiger partial charge on any atom is 0.165 e. The molecule has 20 heavy (non-hydrogen) atoms. The average Bonchev–Trinajstić information content (AvgIpc) is 2.89. The Kier molecular flexibility index (Phi) is 4.19. The molecule has 2 unspecified atom stereocenters. The first-order valence-electron chi connectivity index (χ1n) is 6.98. The fraction of sp³-hybridized carbons (Fsp3) is 0.600. The Morgan fingerprint density at radius 2 is 2.40 bits per heavy atom. The van der Waals surface area contributed by atoms with Crippen LogP contribution in [0.15, 0.2) is 18.2 Å². The van der Waals surface area contributed by atoms with Crippen LogP contribution >= 0.6 is 11.8 Å². The van der Waals surface area contributed by atoms with E-state index < -0.39 is 5.82 Å². The van der Waals surface area contributed by atoms with E-state index in [4.69, 9.17) is 14.6 Å². The van der Waals surface area contributed by atoms with Crippen LogP contribution in [0.4, 0.5) is 4.39 Å². The molecule has 2 fully saturated rings. The Labute approximate surface area is 122 Å². The van der Waals surface area contributed by atoms with Gasteiger partial charge in [-0.3, -0.25) is 0 Å². The van der Waals surface area contributed by atoms with Crippen LogP contribution in [0.5, 0.6) is 5.75 Å². The van der Waals surface area contributed by atoms with Gasteiger partial charge in [0.1, 0.15) is 6.10 Å². The molecule has 2 aliphatic rings. The third kappa shape index (κ3) is 2.95. The van der Waals surface area contributed by atoms with E-state index in [1.54, 1.807) is 12.1 Å². The SMILES string of the molecule is OCc1ccc(OC2CCOC3(CCSC3)C2)c(F)c1. The van der Waals surface area contributed by atoms with Crippen LogP contribution in [0.1, 0.15) is 24.8 Å². The van der Waals surface area contributed by atoms with Gasteiger partial charge < -0.3 is 14.6 Å². The Bertz CT molecular complexity index is 474. The van der Waals surface area contributed by atoms with E-state index >= 15 is 0 Å². The molecular formula is C15H19FO3S. The number of rotatable bonds is 3. The molecular weight excluding hydrogens is 279 g/mol. The van der Waals surface area contributed by atoms with Gasteiger partial charge in [0.05, 0.1) is 18.8 Å². The highest BCUT2D eigenvalue weighted by molar-refractivity contribution is 7.99. The highest BCUT2D eigenvalue weighted by atomic mass is 32.2. The Hall–Kier alpha value is -0.780. The van der Waals surface area contributed by atoms with Crippen molar-refractivity contribution in [3.05, 3.63) is 29.6 Å². The average molecular weight is 298 g/mol. The lowest BCUT2D eigenvalue weighted by Gasteiger charge is -2.37. The minimum absolute atomic E-state index is 0.0110. The van der Waals surface area contributed by atoms with Gasteiger partial charge in [-0.05, 0) is 29.9 Å². The number of thioether (sulfide) groups is 1. The number of hydrogen-bond acceptors (Lipinski definition) is 4. The third-order valence-corrected chi connectivity index (χ3v) is 5.21. The largest absolute Gasteiger partial charge is 0.487 e. The highest BCUT2D eigenvalue weighted by Gasteiger charge is 2.41. The smallest absolute Gasteiger partial charge is 0.165 e. The second kappa shape index (κ2) is 5.92. The second-order valence-corrected chi connectivity index (χ2v) is 6.59. The molecule has 5 heteroatoms. The molecule has 3 rings (SSSR count). The first-order valence-corrected chi connectivity index (χ1v) is 8.14. The van der Waals surface area contributed by atoms with Crippen LogP contribution in [-0.2, 0) is 11.3 Å². The molecule has 2 atom stereocenters. The fourth-order valence-corrected chi connectivity index (χ4v) is 4.24. The molecule has 2 heterocycles. The summed E-state index contributed by atoms with van der Waals surface area (Å²) in [6.45, 7) is 0.524.